The van der Waals surface area contributed by atoms with Gasteiger partial charge in [0.05, 0.1) is 5.52 Å². The first kappa shape index (κ1) is 7.22. The van der Waals surface area contributed by atoms with Gasteiger partial charge in [0.1, 0.15) is 5.82 Å². The third-order valence-electron chi connectivity index (χ3n) is 1.81. The maximum Gasteiger partial charge on any atom is 0.132 e. The van der Waals surface area contributed by atoms with Gasteiger partial charge in [0.15, 0.2) is 0 Å². The Labute approximate surface area is 69.9 Å². The number of rotatable bonds is 0. The molecule has 0 fully saturated rings. The number of benzene rings is 1. The van der Waals surface area contributed by atoms with Gasteiger partial charge in [0.2, 0.25) is 0 Å². The van der Waals surface area contributed by atoms with Crippen molar-refractivity contribution in [3.05, 3.63) is 41.8 Å². The van der Waals surface area contributed by atoms with Gasteiger partial charge in [0.25, 0.3) is 0 Å². The zero-order valence-corrected chi connectivity index (χ0v) is 6.71. The summed E-state index contributed by atoms with van der Waals surface area (Å²) in [5.41, 5.74) is 1.69. The second-order valence-electron chi connectivity index (χ2n) is 2.82. The molecule has 1 heterocycles. The molecule has 1 aromatic carbocycles. The van der Waals surface area contributed by atoms with Crippen molar-refractivity contribution in [3.63, 3.8) is 0 Å². The first-order valence-electron chi connectivity index (χ1n) is 3.78. The van der Waals surface area contributed by atoms with Crippen LogP contribution in [0.3, 0.4) is 0 Å². The van der Waals surface area contributed by atoms with Gasteiger partial charge < -0.3 is 0 Å². The molecule has 0 amide bonds. The molecule has 1 nitrogen and oxygen atoms in total. The Morgan fingerprint density at radius 3 is 3.00 bits per heavy atom. The predicted molar refractivity (Wildman–Crippen MR) is 46.4 cm³/mol. The van der Waals surface area contributed by atoms with Gasteiger partial charge >= 0.3 is 0 Å². The summed E-state index contributed by atoms with van der Waals surface area (Å²) in [5, 5.41) is 0.595. The maximum atomic E-state index is 13.1. The smallest absolute Gasteiger partial charge is 0.132 e. The molecule has 2 aromatic rings. The molecule has 0 aliphatic rings. The van der Waals surface area contributed by atoms with Crippen molar-refractivity contribution in [3.8, 4) is 0 Å². The van der Waals surface area contributed by atoms with Crippen LogP contribution in [0.25, 0.3) is 10.9 Å². The van der Waals surface area contributed by atoms with E-state index in [0.717, 1.165) is 5.56 Å². The fourth-order valence-corrected chi connectivity index (χ4v) is 1.22. The fraction of sp³-hybridized carbons (Fsp3) is 0.100. The Hall–Kier alpha value is -1.44. The van der Waals surface area contributed by atoms with Crippen LogP contribution in [-0.4, -0.2) is 4.98 Å². The third-order valence-corrected chi connectivity index (χ3v) is 1.81. The minimum absolute atomic E-state index is 0.205. The average Bonchev–Trinajstić information content (AvgIpc) is 2.07. The van der Waals surface area contributed by atoms with E-state index in [1.807, 2.05) is 6.92 Å². The summed E-state index contributed by atoms with van der Waals surface area (Å²) in [6, 6.07) is 6.72. The highest BCUT2D eigenvalue weighted by atomic mass is 19.1. The van der Waals surface area contributed by atoms with Crippen molar-refractivity contribution >= 4 is 10.9 Å². The average molecular weight is 161 g/mol. The molecule has 0 saturated carbocycles. The Bertz CT molecular complexity index is 423. The Kier molecular flexibility index (Phi) is 1.54. The third kappa shape index (κ3) is 1.05. The number of hydrogen-bond donors (Lipinski definition) is 0. The standard InChI is InChI=1S/C10H8FN/c1-7-5-8-9(11)3-2-4-10(8)12-6-7/h2-6H,1H3. The second kappa shape index (κ2) is 2.55. The highest BCUT2D eigenvalue weighted by molar-refractivity contribution is 5.79. The van der Waals surface area contributed by atoms with E-state index >= 15 is 0 Å². The lowest BCUT2D eigenvalue weighted by Gasteiger charge is -1.98. The minimum Gasteiger partial charge on any atom is -0.256 e. The summed E-state index contributed by atoms with van der Waals surface area (Å²) >= 11 is 0. The summed E-state index contributed by atoms with van der Waals surface area (Å²) in [6.45, 7) is 1.90. The van der Waals surface area contributed by atoms with Crippen molar-refractivity contribution in [1.29, 1.82) is 0 Å². The molecule has 0 aliphatic heterocycles. The van der Waals surface area contributed by atoms with Gasteiger partial charge in [-0.05, 0) is 30.7 Å². The van der Waals surface area contributed by atoms with Gasteiger partial charge in [-0.25, -0.2) is 4.39 Å². The second-order valence-corrected chi connectivity index (χ2v) is 2.82. The summed E-state index contributed by atoms with van der Waals surface area (Å²) < 4.78 is 13.1. The van der Waals surface area contributed by atoms with E-state index in [-0.39, 0.29) is 5.82 Å². The number of hydrogen-bond acceptors (Lipinski definition) is 1. The molecule has 12 heavy (non-hydrogen) atoms. The van der Waals surface area contributed by atoms with Crippen LogP contribution in [0.15, 0.2) is 30.5 Å². The van der Waals surface area contributed by atoms with Gasteiger partial charge in [0, 0.05) is 11.6 Å². The first-order chi connectivity index (χ1) is 5.77. The molecule has 0 N–H and O–H groups in total. The number of pyridine rings is 1. The summed E-state index contributed by atoms with van der Waals surface area (Å²) in [5.74, 6) is -0.205. The van der Waals surface area contributed by atoms with Crippen LogP contribution in [0.1, 0.15) is 5.56 Å². The monoisotopic (exact) mass is 161 g/mol. The highest BCUT2D eigenvalue weighted by Crippen LogP contribution is 2.15. The van der Waals surface area contributed by atoms with E-state index in [0.29, 0.717) is 10.9 Å². The predicted octanol–water partition coefficient (Wildman–Crippen LogP) is 2.68. The summed E-state index contributed by atoms with van der Waals surface area (Å²) in [4.78, 5) is 4.10. The normalized spacial score (nSPS) is 10.5. The topological polar surface area (TPSA) is 12.9 Å². The molecule has 0 aliphatic carbocycles. The number of halogens is 1. The molecule has 0 spiro atoms. The van der Waals surface area contributed by atoms with Crippen LogP contribution >= 0.6 is 0 Å². The minimum atomic E-state index is -0.205. The largest absolute Gasteiger partial charge is 0.256 e. The highest BCUT2D eigenvalue weighted by Gasteiger charge is 1.99. The molecule has 2 rings (SSSR count). The van der Waals surface area contributed by atoms with Crippen LogP contribution in [0.4, 0.5) is 4.39 Å². The lowest BCUT2D eigenvalue weighted by atomic mass is 10.2. The lowest BCUT2D eigenvalue weighted by Crippen LogP contribution is -1.83. The molecule has 1 aromatic heterocycles. The van der Waals surface area contributed by atoms with E-state index in [4.69, 9.17) is 0 Å². The van der Waals surface area contributed by atoms with Crippen molar-refractivity contribution in [2.45, 2.75) is 6.92 Å². The molecular formula is C10H8FN. The molecular weight excluding hydrogens is 153 g/mol. The van der Waals surface area contributed by atoms with Crippen molar-refractivity contribution in [2.24, 2.45) is 0 Å². The number of fused-ring (bicyclic) bond motifs is 1. The van der Waals surface area contributed by atoms with Crippen molar-refractivity contribution in [2.75, 3.05) is 0 Å². The number of aryl methyl sites for hydroxylation is 1. The van der Waals surface area contributed by atoms with Crippen LogP contribution in [-0.2, 0) is 0 Å². The van der Waals surface area contributed by atoms with Gasteiger partial charge in [-0.2, -0.15) is 0 Å². The molecule has 2 heteroatoms. The number of aromatic nitrogens is 1. The quantitative estimate of drug-likeness (QED) is 0.578. The molecule has 0 radical (unpaired) electrons. The Morgan fingerprint density at radius 1 is 1.33 bits per heavy atom. The molecule has 0 saturated heterocycles. The Balaban J connectivity index is 2.88. The lowest BCUT2D eigenvalue weighted by molar-refractivity contribution is 0.639. The maximum absolute atomic E-state index is 13.1. The van der Waals surface area contributed by atoms with Crippen LogP contribution in [0.2, 0.25) is 0 Å². The van der Waals surface area contributed by atoms with Gasteiger partial charge in [-0.3, -0.25) is 4.98 Å². The first-order valence-corrected chi connectivity index (χ1v) is 3.78. The zero-order valence-electron chi connectivity index (χ0n) is 6.71. The van der Waals surface area contributed by atoms with E-state index < -0.39 is 0 Å². The summed E-state index contributed by atoms with van der Waals surface area (Å²) in [7, 11) is 0. The van der Waals surface area contributed by atoms with Crippen molar-refractivity contribution in [1.82, 2.24) is 4.98 Å². The molecule has 0 atom stereocenters. The molecule has 0 bridgehead atoms. The fourth-order valence-electron chi connectivity index (χ4n) is 1.22. The Morgan fingerprint density at radius 2 is 2.17 bits per heavy atom. The van der Waals surface area contributed by atoms with E-state index in [2.05, 4.69) is 4.98 Å². The van der Waals surface area contributed by atoms with Crippen LogP contribution < -0.4 is 0 Å². The van der Waals surface area contributed by atoms with Crippen LogP contribution in [0, 0.1) is 12.7 Å². The van der Waals surface area contributed by atoms with Gasteiger partial charge in [-0.15, -0.1) is 0 Å². The van der Waals surface area contributed by atoms with Crippen LogP contribution in [0.5, 0.6) is 0 Å². The van der Waals surface area contributed by atoms with Crippen molar-refractivity contribution < 1.29 is 4.39 Å². The molecule has 0 unspecified atom stereocenters. The SMILES string of the molecule is Cc1cnc2cccc(F)c2c1. The number of nitrogens with zero attached hydrogens (tertiary/aromatic N) is 1. The van der Waals surface area contributed by atoms with Gasteiger partial charge in [-0.1, -0.05) is 6.07 Å². The van der Waals surface area contributed by atoms with E-state index in [9.17, 15) is 4.39 Å². The molecule has 60 valence electrons. The van der Waals surface area contributed by atoms with E-state index in [1.165, 1.54) is 6.07 Å². The van der Waals surface area contributed by atoms with E-state index in [1.54, 1.807) is 24.4 Å². The zero-order chi connectivity index (χ0) is 8.55. The summed E-state index contributed by atoms with van der Waals surface area (Å²) in [6.07, 6.45) is 1.74.